The summed E-state index contributed by atoms with van der Waals surface area (Å²) in [5.74, 6) is 0.854. The van der Waals surface area contributed by atoms with Gasteiger partial charge in [0.25, 0.3) is 6.01 Å². The van der Waals surface area contributed by atoms with Gasteiger partial charge in [0.15, 0.2) is 0 Å². The molecule has 0 amide bonds. The largest absolute Gasteiger partial charge is 0.429 e. The lowest BCUT2D eigenvalue weighted by Crippen LogP contribution is -1.91. The van der Waals surface area contributed by atoms with E-state index in [1.165, 1.54) is 5.56 Å². The van der Waals surface area contributed by atoms with Crippen LogP contribution in [0.5, 0.6) is 0 Å². The maximum absolute atomic E-state index is 5.81. The van der Waals surface area contributed by atoms with Gasteiger partial charge in [-0.25, -0.2) is 0 Å². The Morgan fingerprint density at radius 1 is 1.25 bits per heavy atom. The molecule has 0 aliphatic rings. The van der Waals surface area contributed by atoms with Crippen molar-refractivity contribution in [2.45, 2.75) is 19.8 Å². The van der Waals surface area contributed by atoms with Crippen LogP contribution < -0.4 is 5.73 Å². The lowest BCUT2D eigenvalue weighted by Gasteiger charge is -1.99. The molecule has 1 aromatic heterocycles. The van der Waals surface area contributed by atoms with E-state index in [2.05, 4.69) is 4.98 Å². The minimum atomic E-state index is 0.239. The molecule has 1 heterocycles. The number of nitrogen functional groups attached to an aromatic ring is 1. The number of rotatable bonds is 3. The van der Waals surface area contributed by atoms with Gasteiger partial charge in [0, 0.05) is 11.4 Å². The topological polar surface area (TPSA) is 52.0 Å². The standard InChI is InChI=1S/C12H13ClN2O/c1-8-11(16-12(14)15-8)7-4-9-2-5-10(13)6-3-9/h2-3,5-6H,4,7H2,1H3,(H2,14,15). The maximum atomic E-state index is 5.81. The third-order valence-electron chi connectivity index (χ3n) is 2.46. The molecule has 2 N–H and O–H groups in total. The number of aryl methyl sites for hydroxylation is 3. The summed E-state index contributed by atoms with van der Waals surface area (Å²) in [4.78, 5) is 4.03. The van der Waals surface area contributed by atoms with Crippen LogP contribution in [0.15, 0.2) is 28.7 Å². The number of halogens is 1. The second-order valence-corrected chi connectivity index (χ2v) is 4.12. The molecule has 3 nitrogen and oxygen atoms in total. The van der Waals surface area contributed by atoms with Crippen LogP contribution in [-0.4, -0.2) is 4.98 Å². The summed E-state index contributed by atoms with van der Waals surface area (Å²) in [6.45, 7) is 1.90. The highest BCUT2D eigenvalue weighted by atomic mass is 35.5. The molecule has 0 aliphatic carbocycles. The van der Waals surface area contributed by atoms with Crippen molar-refractivity contribution in [2.24, 2.45) is 0 Å². The molecular weight excluding hydrogens is 224 g/mol. The number of benzene rings is 1. The Labute approximate surface area is 99.2 Å². The molecule has 0 saturated heterocycles. The molecule has 2 rings (SSSR count). The first-order valence-electron chi connectivity index (χ1n) is 5.11. The zero-order valence-electron chi connectivity index (χ0n) is 9.03. The second kappa shape index (κ2) is 4.58. The maximum Gasteiger partial charge on any atom is 0.292 e. The number of oxazole rings is 1. The Hall–Kier alpha value is -1.48. The molecule has 0 spiro atoms. The average molecular weight is 237 g/mol. The first-order chi connectivity index (χ1) is 7.65. The Morgan fingerprint density at radius 3 is 2.50 bits per heavy atom. The first-order valence-corrected chi connectivity index (χ1v) is 5.49. The van der Waals surface area contributed by atoms with Gasteiger partial charge in [0.1, 0.15) is 5.76 Å². The lowest BCUT2D eigenvalue weighted by molar-refractivity contribution is 0.519. The molecule has 0 fully saturated rings. The van der Waals surface area contributed by atoms with Crippen molar-refractivity contribution in [1.29, 1.82) is 0 Å². The predicted molar refractivity (Wildman–Crippen MR) is 64.5 cm³/mol. The fraction of sp³-hybridized carbons (Fsp3) is 0.250. The van der Waals surface area contributed by atoms with Crippen LogP contribution in [0.4, 0.5) is 6.01 Å². The van der Waals surface area contributed by atoms with Crippen molar-refractivity contribution in [3.05, 3.63) is 46.3 Å². The number of nitrogens with zero attached hydrogens (tertiary/aromatic N) is 1. The fourth-order valence-corrected chi connectivity index (χ4v) is 1.72. The van der Waals surface area contributed by atoms with Crippen LogP contribution >= 0.6 is 11.6 Å². The van der Waals surface area contributed by atoms with Crippen LogP contribution in [0.25, 0.3) is 0 Å². The van der Waals surface area contributed by atoms with Gasteiger partial charge in [-0.15, -0.1) is 0 Å². The van der Waals surface area contributed by atoms with Crippen molar-refractivity contribution in [1.82, 2.24) is 4.98 Å². The summed E-state index contributed by atoms with van der Waals surface area (Å²) in [7, 11) is 0. The third kappa shape index (κ3) is 2.55. The molecule has 2 aromatic rings. The SMILES string of the molecule is Cc1nc(N)oc1CCc1ccc(Cl)cc1. The molecule has 1 aromatic carbocycles. The van der Waals surface area contributed by atoms with E-state index in [9.17, 15) is 0 Å². The molecule has 0 aliphatic heterocycles. The quantitative estimate of drug-likeness (QED) is 0.891. The Bertz CT molecular complexity index is 476. The van der Waals surface area contributed by atoms with Crippen LogP contribution in [0.2, 0.25) is 5.02 Å². The molecule has 0 unspecified atom stereocenters. The monoisotopic (exact) mass is 236 g/mol. The molecule has 0 radical (unpaired) electrons. The van der Waals surface area contributed by atoms with Crippen LogP contribution in [0.3, 0.4) is 0 Å². The summed E-state index contributed by atoms with van der Waals surface area (Å²) < 4.78 is 5.30. The van der Waals surface area contributed by atoms with Crippen molar-refractivity contribution >= 4 is 17.6 Å². The van der Waals surface area contributed by atoms with E-state index < -0.39 is 0 Å². The van der Waals surface area contributed by atoms with Gasteiger partial charge in [-0.1, -0.05) is 23.7 Å². The molecule has 0 atom stereocenters. The highest BCUT2D eigenvalue weighted by molar-refractivity contribution is 6.30. The third-order valence-corrected chi connectivity index (χ3v) is 2.72. The summed E-state index contributed by atoms with van der Waals surface area (Å²) in [6, 6.07) is 8.04. The van der Waals surface area contributed by atoms with Crippen LogP contribution in [0, 0.1) is 6.92 Å². The van der Waals surface area contributed by atoms with Crippen molar-refractivity contribution in [2.75, 3.05) is 5.73 Å². The minimum Gasteiger partial charge on any atom is -0.429 e. The summed E-state index contributed by atoms with van der Waals surface area (Å²) in [5.41, 5.74) is 7.56. The van der Waals surface area contributed by atoms with Crippen LogP contribution in [-0.2, 0) is 12.8 Å². The molecule has 16 heavy (non-hydrogen) atoms. The average Bonchev–Trinajstić information content (AvgIpc) is 2.57. The highest BCUT2D eigenvalue weighted by Gasteiger charge is 2.06. The van der Waals surface area contributed by atoms with Crippen molar-refractivity contribution in [3.8, 4) is 0 Å². The normalized spacial score (nSPS) is 10.6. The smallest absolute Gasteiger partial charge is 0.292 e. The number of nitrogens with two attached hydrogens (primary N) is 1. The lowest BCUT2D eigenvalue weighted by atomic mass is 10.1. The molecular formula is C12H13ClN2O. The second-order valence-electron chi connectivity index (χ2n) is 3.69. The zero-order valence-corrected chi connectivity index (χ0v) is 9.79. The summed E-state index contributed by atoms with van der Waals surface area (Å²) >= 11 is 5.81. The highest BCUT2D eigenvalue weighted by Crippen LogP contribution is 2.16. The molecule has 4 heteroatoms. The molecule has 84 valence electrons. The number of anilines is 1. The van der Waals surface area contributed by atoms with Crippen molar-refractivity contribution < 1.29 is 4.42 Å². The van der Waals surface area contributed by atoms with Gasteiger partial charge in [0.05, 0.1) is 5.69 Å². The van der Waals surface area contributed by atoms with Gasteiger partial charge in [-0.2, -0.15) is 4.98 Å². The summed E-state index contributed by atoms with van der Waals surface area (Å²) in [5, 5.41) is 0.754. The van der Waals surface area contributed by atoms with E-state index in [4.69, 9.17) is 21.8 Å². The van der Waals surface area contributed by atoms with E-state index in [1.807, 2.05) is 31.2 Å². The van der Waals surface area contributed by atoms with E-state index >= 15 is 0 Å². The number of aromatic nitrogens is 1. The first kappa shape index (κ1) is 11.0. The van der Waals surface area contributed by atoms with E-state index in [0.29, 0.717) is 0 Å². The van der Waals surface area contributed by atoms with E-state index in [-0.39, 0.29) is 6.01 Å². The minimum absolute atomic E-state index is 0.239. The fourth-order valence-electron chi connectivity index (χ4n) is 1.59. The van der Waals surface area contributed by atoms with Gasteiger partial charge in [-0.3, -0.25) is 0 Å². The van der Waals surface area contributed by atoms with Crippen LogP contribution in [0.1, 0.15) is 17.0 Å². The Balaban J connectivity index is 2.02. The van der Waals surface area contributed by atoms with Gasteiger partial charge in [-0.05, 0) is 31.0 Å². The van der Waals surface area contributed by atoms with Gasteiger partial charge >= 0.3 is 0 Å². The zero-order chi connectivity index (χ0) is 11.5. The van der Waals surface area contributed by atoms with Gasteiger partial charge in [0.2, 0.25) is 0 Å². The summed E-state index contributed by atoms with van der Waals surface area (Å²) in [6.07, 6.45) is 1.70. The van der Waals surface area contributed by atoms with Gasteiger partial charge < -0.3 is 10.2 Å². The van der Waals surface area contributed by atoms with E-state index in [1.54, 1.807) is 0 Å². The Kier molecular flexibility index (Phi) is 3.15. The number of hydrogen-bond acceptors (Lipinski definition) is 3. The van der Waals surface area contributed by atoms with Crippen molar-refractivity contribution in [3.63, 3.8) is 0 Å². The predicted octanol–water partition coefficient (Wildman–Crippen LogP) is 3.00. The van der Waals surface area contributed by atoms with E-state index in [0.717, 1.165) is 29.3 Å². The molecule has 0 bridgehead atoms. The Morgan fingerprint density at radius 2 is 1.94 bits per heavy atom. The number of hydrogen-bond donors (Lipinski definition) is 1. The molecule has 0 saturated carbocycles.